The Labute approximate surface area is 137 Å². The Morgan fingerprint density at radius 2 is 2.13 bits per heavy atom. The number of H-pyrrole nitrogens is 1. The van der Waals surface area contributed by atoms with Crippen LogP contribution in [0.5, 0.6) is 0 Å². The van der Waals surface area contributed by atoms with E-state index in [1.807, 2.05) is 0 Å². The van der Waals surface area contributed by atoms with E-state index in [0.717, 1.165) is 19.0 Å². The lowest BCUT2D eigenvalue weighted by Crippen LogP contribution is -2.42. The van der Waals surface area contributed by atoms with Crippen LogP contribution in [0.4, 0.5) is 0 Å². The summed E-state index contributed by atoms with van der Waals surface area (Å²) in [6.07, 6.45) is 5.58. The normalized spacial score (nSPS) is 25.5. The molecule has 1 amide bonds. The van der Waals surface area contributed by atoms with E-state index in [1.165, 1.54) is 38.1 Å². The van der Waals surface area contributed by atoms with Crippen LogP contribution in [0.1, 0.15) is 43.5 Å². The van der Waals surface area contributed by atoms with Gasteiger partial charge in [0.1, 0.15) is 0 Å². The zero-order valence-electron chi connectivity index (χ0n) is 14.0. The monoisotopic (exact) mass is 317 g/mol. The molecule has 0 bridgehead atoms. The van der Waals surface area contributed by atoms with Gasteiger partial charge in [0.25, 0.3) is 5.91 Å². The van der Waals surface area contributed by atoms with Crippen LogP contribution in [0.2, 0.25) is 0 Å². The maximum atomic E-state index is 12.4. The minimum atomic E-state index is -0.186. The first-order valence-electron chi connectivity index (χ1n) is 8.75. The maximum absolute atomic E-state index is 12.4. The Morgan fingerprint density at radius 1 is 1.35 bits per heavy atom. The van der Waals surface area contributed by atoms with Crippen LogP contribution in [0.3, 0.4) is 0 Å². The first-order valence-corrected chi connectivity index (χ1v) is 8.75. The number of hydrogen-bond acceptors (Lipinski definition) is 3. The fourth-order valence-corrected chi connectivity index (χ4v) is 3.73. The third-order valence-corrected chi connectivity index (χ3v) is 5.40. The highest BCUT2D eigenvalue weighted by atomic mass is 16.2. The van der Waals surface area contributed by atoms with E-state index in [0.29, 0.717) is 17.4 Å². The Balaban J connectivity index is 1.62. The second-order valence-electron chi connectivity index (χ2n) is 7.44. The summed E-state index contributed by atoms with van der Waals surface area (Å²) in [5, 5.41) is 3.18. The lowest BCUT2D eigenvalue weighted by Gasteiger charge is -2.30. The molecular weight excluding hydrogens is 290 g/mol. The van der Waals surface area contributed by atoms with Gasteiger partial charge in [-0.1, -0.05) is 20.3 Å². The van der Waals surface area contributed by atoms with E-state index < -0.39 is 0 Å². The lowest BCUT2D eigenvalue weighted by molar-refractivity contribution is 0.0924. The highest BCUT2D eigenvalue weighted by Gasteiger charge is 2.36. The van der Waals surface area contributed by atoms with E-state index in [9.17, 15) is 9.59 Å². The number of hydrogen-bond donors (Lipinski definition) is 2. The van der Waals surface area contributed by atoms with Gasteiger partial charge in [0.15, 0.2) is 0 Å². The molecule has 0 radical (unpaired) electrons. The molecule has 5 nitrogen and oxygen atoms in total. The summed E-state index contributed by atoms with van der Waals surface area (Å²) in [7, 11) is 0. The van der Waals surface area contributed by atoms with Crippen molar-refractivity contribution in [2.75, 3.05) is 19.6 Å². The predicted octanol–water partition coefficient (Wildman–Crippen LogP) is 1.86. The Morgan fingerprint density at radius 3 is 2.70 bits per heavy atom. The molecule has 1 saturated heterocycles. The molecule has 1 aliphatic heterocycles. The molecule has 1 aromatic rings. The average molecular weight is 317 g/mol. The first kappa shape index (κ1) is 16.2. The molecule has 1 aliphatic carbocycles. The summed E-state index contributed by atoms with van der Waals surface area (Å²) < 4.78 is 0. The minimum Gasteiger partial charge on any atom is -0.348 e. The second kappa shape index (κ2) is 6.87. The highest BCUT2D eigenvalue weighted by molar-refractivity contribution is 5.94. The van der Waals surface area contributed by atoms with Gasteiger partial charge in [-0.05, 0) is 36.7 Å². The largest absolute Gasteiger partial charge is 0.348 e. The van der Waals surface area contributed by atoms with Crippen molar-refractivity contribution in [2.24, 2.45) is 17.8 Å². The van der Waals surface area contributed by atoms with Crippen molar-refractivity contribution < 1.29 is 4.79 Å². The zero-order chi connectivity index (χ0) is 16.4. The van der Waals surface area contributed by atoms with Gasteiger partial charge in [0.05, 0.1) is 5.56 Å². The van der Waals surface area contributed by atoms with Gasteiger partial charge >= 0.3 is 0 Å². The standard InChI is InChI=1S/C18H27N3O2/c1-12(2)15-10-21(9-13-4-3-5-13)11-16(15)20-18(23)14-6-7-17(22)19-8-14/h6-8,12-13,15-16H,3-5,9-11H2,1-2H3,(H,19,22)(H,20,23)/t15-,16+/m1/s1. The number of nitrogens with one attached hydrogen (secondary N) is 2. The summed E-state index contributed by atoms with van der Waals surface area (Å²) in [5.41, 5.74) is 0.332. The molecule has 2 N–H and O–H groups in total. The molecule has 2 heterocycles. The summed E-state index contributed by atoms with van der Waals surface area (Å²) in [5.74, 6) is 1.79. The molecule has 1 aromatic heterocycles. The number of nitrogens with zero attached hydrogens (tertiary/aromatic N) is 1. The molecule has 2 atom stereocenters. The molecule has 2 fully saturated rings. The van der Waals surface area contributed by atoms with Gasteiger partial charge < -0.3 is 15.2 Å². The first-order chi connectivity index (χ1) is 11.0. The smallest absolute Gasteiger partial charge is 0.253 e. The van der Waals surface area contributed by atoms with Gasteiger partial charge in [-0.2, -0.15) is 0 Å². The fourth-order valence-electron chi connectivity index (χ4n) is 3.73. The lowest BCUT2D eigenvalue weighted by atomic mass is 9.85. The number of rotatable bonds is 5. The zero-order valence-corrected chi connectivity index (χ0v) is 14.0. The average Bonchev–Trinajstić information content (AvgIpc) is 2.86. The van der Waals surface area contributed by atoms with Crippen molar-refractivity contribution in [3.63, 3.8) is 0 Å². The topological polar surface area (TPSA) is 65.2 Å². The molecule has 1 saturated carbocycles. The Bertz CT molecular complexity index is 586. The highest BCUT2D eigenvalue weighted by Crippen LogP contribution is 2.31. The summed E-state index contributed by atoms with van der Waals surface area (Å²) in [4.78, 5) is 28.6. The van der Waals surface area contributed by atoms with Gasteiger partial charge in [-0.3, -0.25) is 9.59 Å². The van der Waals surface area contributed by atoms with Crippen molar-refractivity contribution in [3.8, 4) is 0 Å². The maximum Gasteiger partial charge on any atom is 0.253 e. The SMILES string of the molecule is CC(C)[C@H]1CN(CC2CCC2)C[C@@H]1NC(=O)c1ccc(=O)[nH]c1. The summed E-state index contributed by atoms with van der Waals surface area (Å²) in [6.45, 7) is 7.65. The molecule has 0 spiro atoms. The van der Waals surface area contributed by atoms with Gasteiger partial charge in [0.2, 0.25) is 5.56 Å². The van der Waals surface area contributed by atoms with Crippen LogP contribution >= 0.6 is 0 Å². The molecule has 2 aliphatic rings. The van der Waals surface area contributed by atoms with Crippen molar-refractivity contribution in [3.05, 3.63) is 34.2 Å². The minimum absolute atomic E-state index is 0.0950. The van der Waals surface area contributed by atoms with E-state index >= 15 is 0 Å². The van der Waals surface area contributed by atoms with Crippen molar-refractivity contribution >= 4 is 5.91 Å². The molecule has 126 valence electrons. The molecule has 23 heavy (non-hydrogen) atoms. The second-order valence-corrected chi connectivity index (χ2v) is 7.44. The molecular formula is C18H27N3O2. The predicted molar refractivity (Wildman–Crippen MR) is 90.4 cm³/mol. The van der Waals surface area contributed by atoms with E-state index in [2.05, 4.69) is 29.0 Å². The number of aromatic nitrogens is 1. The molecule has 0 unspecified atom stereocenters. The number of pyridine rings is 1. The van der Waals surface area contributed by atoms with E-state index in [-0.39, 0.29) is 17.5 Å². The quantitative estimate of drug-likeness (QED) is 0.871. The van der Waals surface area contributed by atoms with Crippen LogP contribution in [-0.4, -0.2) is 41.5 Å². The molecule has 3 rings (SSSR count). The summed E-state index contributed by atoms with van der Waals surface area (Å²) in [6, 6.07) is 3.17. The van der Waals surface area contributed by atoms with Crippen LogP contribution in [0.15, 0.2) is 23.1 Å². The third kappa shape index (κ3) is 3.83. The van der Waals surface area contributed by atoms with Crippen LogP contribution in [0, 0.1) is 17.8 Å². The van der Waals surface area contributed by atoms with Crippen LogP contribution in [0.25, 0.3) is 0 Å². The fraction of sp³-hybridized carbons (Fsp3) is 0.667. The van der Waals surface area contributed by atoms with Gasteiger partial charge in [0, 0.05) is 37.9 Å². The van der Waals surface area contributed by atoms with Crippen LogP contribution < -0.4 is 10.9 Å². The number of carbonyl (C=O) groups excluding carboxylic acids is 1. The van der Waals surface area contributed by atoms with E-state index in [1.54, 1.807) is 6.07 Å². The van der Waals surface area contributed by atoms with Gasteiger partial charge in [-0.25, -0.2) is 0 Å². The number of aromatic amines is 1. The molecule has 0 aromatic carbocycles. The summed E-state index contributed by atoms with van der Waals surface area (Å²) >= 11 is 0. The Hall–Kier alpha value is -1.62. The van der Waals surface area contributed by atoms with Crippen LogP contribution in [-0.2, 0) is 0 Å². The van der Waals surface area contributed by atoms with Crippen molar-refractivity contribution in [1.29, 1.82) is 0 Å². The van der Waals surface area contributed by atoms with Crippen molar-refractivity contribution in [2.45, 2.75) is 39.2 Å². The number of carbonyl (C=O) groups is 1. The van der Waals surface area contributed by atoms with Gasteiger partial charge in [-0.15, -0.1) is 0 Å². The number of amides is 1. The van der Waals surface area contributed by atoms with Crippen molar-refractivity contribution in [1.82, 2.24) is 15.2 Å². The molecule has 5 heteroatoms. The number of likely N-dealkylation sites (tertiary alicyclic amines) is 1. The van der Waals surface area contributed by atoms with E-state index in [4.69, 9.17) is 0 Å². The third-order valence-electron chi connectivity index (χ3n) is 5.40. The Kier molecular flexibility index (Phi) is 4.85.